The summed E-state index contributed by atoms with van der Waals surface area (Å²) in [5, 5.41) is 12.6. The number of hydrogen-bond donors (Lipinski definition) is 3. The molecule has 7 nitrogen and oxygen atoms in total. The lowest BCUT2D eigenvalue weighted by molar-refractivity contribution is -0.114. The van der Waals surface area contributed by atoms with Gasteiger partial charge < -0.3 is 15.2 Å². The van der Waals surface area contributed by atoms with Crippen LogP contribution >= 0.6 is 0 Å². The minimum absolute atomic E-state index is 0.0763. The molecule has 146 valence electrons. The molecule has 0 aliphatic rings. The highest BCUT2D eigenvalue weighted by atomic mass is 32.2. The van der Waals surface area contributed by atoms with Crippen molar-refractivity contribution < 1.29 is 23.1 Å². The lowest BCUT2D eigenvalue weighted by Crippen LogP contribution is -2.16. The number of rotatable bonds is 5. The highest BCUT2D eigenvalue weighted by Crippen LogP contribution is 2.33. The van der Waals surface area contributed by atoms with Crippen molar-refractivity contribution in [2.45, 2.75) is 38.0 Å². The minimum atomic E-state index is -4.00. The summed E-state index contributed by atoms with van der Waals surface area (Å²) in [6.45, 7) is 7.28. The topological polar surface area (TPSA) is 105 Å². The summed E-state index contributed by atoms with van der Waals surface area (Å²) in [5.74, 6) is -0.199. The molecule has 27 heavy (non-hydrogen) atoms. The van der Waals surface area contributed by atoms with E-state index in [1.807, 2.05) is 20.8 Å². The Labute approximate surface area is 159 Å². The molecular formula is C19H24N2O5S. The number of phenols is 1. The molecule has 0 fully saturated rings. The number of methoxy groups -OCH3 is 1. The Morgan fingerprint density at radius 2 is 1.74 bits per heavy atom. The largest absolute Gasteiger partial charge is 0.506 e. The predicted octanol–water partition coefficient (Wildman–Crippen LogP) is 3.46. The molecule has 0 radical (unpaired) electrons. The van der Waals surface area contributed by atoms with Gasteiger partial charge in [0.15, 0.2) is 0 Å². The van der Waals surface area contributed by atoms with Gasteiger partial charge in [-0.25, -0.2) is 8.42 Å². The van der Waals surface area contributed by atoms with Crippen LogP contribution in [0.4, 0.5) is 11.4 Å². The first-order valence-electron chi connectivity index (χ1n) is 8.26. The Kier molecular flexibility index (Phi) is 5.70. The Balaban J connectivity index is 2.44. The van der Waals surface area contributed by atoms with Gasteiger partial charge in [-0.3, -0.25) is 9.52 Å². The van der Waals surface area contributed by atoms with Crippen molar-refractivity contribution in [1.82, 2.24) is 0 Å². The molecule has 0 spiro atoms. The maximum absolute atomic E-state index is 12.8. The summed E-state index contributed by atoms with van der Waals surface area (Å²) in [5.41, 5.74) is 0.971. The smallest absolute Gasteiger partial charge is 0.262 e. The molecular weight excluding hydrogens is 368 g/mol. The van der Waals surface area contributed by atoms with Crippen LogP contribution in [-0.2, 0) is 20.2 Å². The lowest BCUT2D eigenvalue weighted by Gasteiger charge is -2.21. The van der Waals surface area contributed by atoms with Crippen LogP contribution in [0.25, 0.3) is 0 Å². The van der Waals surface area contributed by atoms with Crippen molar-refractivity contribution in [3.8, 4) is 11.5 Å². The molecule has 0 aliphatic heterocycles. The average molecular weight is 392 g/mol. The average Bonchev–Trinajstić information content (AvgIpc) is 2.55. The van der Waals surface area contributed by atoms with Crippen LogP contribution in [-0.4, -0.2) is 26.5 Å². The number of carbonyl (C=O) groups is 1. The van der Waals surface area contributed by atoms with Crippen LogP contribution in [0.5, 0.6) is 11.5 Å². The van der Waals surface area contributed by atoms with Crippen LogP contribution in [0.1, 0.15) is 33.3 Å². The van der Waals surface area contributed by atoms with Gasteiger partial charge in [-0.1, -0.05) is 26.8 Å². The minimum Gasteiger partial charge on any atom is -0.506 e. The molecule has 0 aliphatic carbocycles. The molecule has 1 amide bonds. The highest BCUT2D eigenvalue weighted by molar-refractivity contribution is 7.92. The van der Waals surface area contributed by atoms with Crippen LogP contribution in [0.3, 0.4) is 0 Å². The third-order valence-corrected chi connectivity index (χ3v) is 5.26. The van der Waals surface area contributed by atoms with Gasteiger partial charge >= 0.3 is 0 Å². The zero-order valence-electron chi connectivity index (χ0n) is 16.0. The van der Waals surface area contributed by atoms with E-state index in [1.165, 1.54) is 38.3 Å². The zero-order chi connectivity index (χ0) is 20.4. The van der Waals surface area contributed by atoms with E-state index in [4.69, 9.17) is 4.74 Å². The second kappa shape index (κ2) is 7.48. The summed E-state index contributed by atoms with van der Waals surface area (Å²) in [4.78, 5) is 11.3. The zero-order valence-corrected chi connectivity index (χ0v) is 16.8. The van der Waals surface area contributed by atoms with Gasteiger partial charge in [-0.2, -0.15) is 0 Å². The van der Waals surface area contributed by atoms with Gasteiger partial charge in [0, 0.05) is 6.92 Å². The van der Waals surface area contributed by atoms with Gasteiger partial charge in [-0.05, 0) is 41.3 Å². The van der Waals surface area contributed by atoms with Crippen LogP contribution in [0, 0.1) is 0 Å². The lowest BCUT2D eigenvalue weighted by atomic mass is 9.87. The number of carbonyl (C=O) groups excluding carboxylic acids is 1. The standard InChI is InChI=1S/C19H24N2O5S/c1-12(22)20-16-11-14(7-9-18(16)26-5)27(24,25)21-15-10-13(19(2,3)4)6-8-17(15)23/h6-11,21,23H,1-5H3,(H,20,22). The van der Waals surface area contributed by atoms with Crippen molar-refractivity contribution >= 4 is 27.3 Å². The van der Waals surface area contributed by atoms with E-state index in [9.17, 15) is 18.3 Å². The molecule has 3 N–H and O–H groups in total. The van der Waals surface area contributed by atoms with Gasteiger partial charge in [0.1, 0.15) is 11.5 Å². The van der Waals surface area contributed by atoms with Gasteiger partial charge in [0.05, 0.1) is 23.4 Å². The number of hydrogen-bond acceptors (Lipinski definition) is 5. The predicted molar refractivity (Wildman–Crippen MR) is 105 cm³/mol. The number of sulfonamides is 1. The van der Waals surface area contributed by atoms with Crippen molar-refractivity contribution in [2.24, 2.45) is 0 Å². The molecule has 0 atom stereocenters. The van der Waals surface area contributed by atoms with E-state index in [0.29, 0.717) is 5.75 Å². The van der Waals surface area contributed by atoms with E-state index in [2.05, 4.69) is 10.0 Å². The summed E-state index contributed by atoms with van der Waals surface area (Å²) >= 11 is 0. The maximum atomic E-state index is 12.8. The highest BCUT2D eigenvalue weighted by Gasteiger charge is 2.21. The van der Waals surface area contributed by atoms with Crippen molar-refractivity contribution in [1.29, 1.82) is 0 Å². The normalized spacial score (nSPS) is 11.7. The number of aromatic hydroxyl groups is 1. The van der Waals surface area contributed by atoms with Crippen molar-refractivity contribution in [3.05, 3.63) is 42.0 Å². The number of ether oxygens (including phenoxy) is 1. The fourth-order valence-corrected chi connectivity index (χ4v) is 3.52. The molecule has 0 heterocycles. The number of anilines is 2. The second-order valence-electron chi connectivity index (χ2n) is 7.13. The van der Waals surface area contributed by atoms with E-state index in [0.717, 1.165) is 5.56 Å². The summed E-state index contributed by atoms with van der Waals surface area (Å²) in [7, 11) is -2.58. The quantitative estimate of drug-likeness (QED) is 0.676. The molecule has 2 aromatic carbocycles. The van der Waals surface area contributed by atoms with E-state index < -0.39 is 10.0 Å². The molecule has 0 saturated carbocycles. The van der Waals surface area contributed by atoms with Crippen molar-refractivity contribution in [2.75, 3.05) is 17.1 Å². The molecule has 0 unspecified atom stereocenters. The fraction of sp³-hybridized carbons (Fsp3) is 0.316. The molecule has 2 rings (SSSR count). The first-order valence-corrected chi connectivity index (χ1v) is 9.74. The third-order valence-electron chi connectivity index (χ3n) is 3.90. The van der Waals surface area contributed by atoms with Gasteiger partial charge in [0.2, 0.25) is 5.91 Å². The Bertz CT molecular complexity index is 963. The SMILES string of the molecule is COc1ccc(S(=O)(=O)Nc2cc(C(C)(C)C)ccc2O)cc1NC(C)=O. The Morgan fingerprint density at radius 3 is 2.30 bits per heavy atom. The molecule has 2 aromatic rings. The van der Waals surface area contributed by atoms with E-state index >= 15 is 0 Å². The van der Waals surface area contributed by atoms with Crippen LogP contribution in [0.15, 0.2) is 41.3 Å². The fourth-order valence-electron chi connectivity index (χ4n) is 2.43. The number of nitrogens with one attached hydrogen (secondary N) is 2. The number of phenolic OH excluding ortho intramolecular Hbond substituents is 1. The molecule has 0 bridgehead atoms. The third kappa shape index (κ3) is 4.91. The first-order chi connectivity index (χ1) is 12.4. The van der Waals surface area contributed by atoms with Gasteiger partial charge in [-0.15, -0.1) is 0 Å². The first kappa shape index (κ1) is 20.6. The second-order valence-corrected chi connectivity index (χ2v) is 8.81. The Morgan fingerprint density at radius 1 is 1.07 bits per heavy atom. The maximum Gasteiger partial charge on any atom is 0.262 e. The number of amides is 1. The monoisotopic (exact) mass is 392 g/mol. The Hall–Kier alpha value is -2.74. The molecule has 0 aromatic heterocycles. The molecule has 8 heteroatoms. The molecule has 0 saturated heterocycles. The van der Waals surface area contributed by atoms with E-state index in [-0.39, 0.29) is 33.3 Å². The summed E-state index contributed by atoms with van der Waals surface area (Å²) in [6.07, 6.45) is 0. The van der Waals surface area contributed by atoms with Gasteiger partial charge in [0.25, 0.3) is 10.0 Å². The summed E-state index contributed by atoms with van der Waals surface area (Å²) in [6, 6.07) is 8.91. The number of benzene rings is 2. The van der Waals surface area contributed by atoms with E-state index in [1.54, 1.807) is 12.1 Å². The van der Waals surface area contributed by atoms with Crippen LogP contribution in [0.2, 0.25) is 0 Å². The summed E-state index contributed by atoms with van der Waals surface area (Å²) < 4.78 is 33.1. The van der Waals surface area contributed by atoms with Crippen LogP contribution < -0.4 is 14.8 Å². The van der Waals surface area contributed by atoms with Crippen molar-refractivity contribution in [3.63, 3.8) is 0 Å².